The van der Waals surface area contributed by atoms with Crippen LogP contribution in [-0.4, -0.2) is 30.0 Å². The molecule has 0 radical (unpaired) electrons. The lowest BCUT2D eigenvalue weighted by molar-refractivity contribution is 0.101. The van der Waals surface area contributed by atoms with Crippen LogP contribution in [0.2, 0.25) is 5.02 Å². The standard InChI is InChI=1S/C23H21ClN4O3/c1-13(29)18-7-5-14(10-19(18)24)4-6-16-8-15(11-20(30-2)21(16)31-3)9-17-12-27-23(26)28-22(17)25/h5,7-8,10-12H,9H2,1-3H3,(H4,25,26,27,28). The fourth-order valence-corrected chi connectivity index (χ4v) is 3.34. The molecule has 8 heteroatoms. The highest BCUT2D eigenvalue weighted by Crippen LogP contribution is 2.33. The first kappa shape index (κ1) is 21.9. The fraction of sp³-hybridized carbons (Fsp3) is 0.174. The van der Waals surface area contributed by atoms with Gasteiger partial charge >= 0.3 is 0 Å². The second-order valence-electron chi connectivity index (χ2n) is 6.70. The number of hydrogen-bond acceptors (Lipinski definition) is 7. The molecule has 1 aromatic heterocycles. The zero-order chi connectivity index (χ0) is 22.5. The van der Waals surface area contributed by atoms with E-state index in [0.717, 1.165) is 11.1 Å². The van der Waals surface area contributed by atoms with Crippen LogP contribution < -0.4 is 20.9 Å². The maximum Gasteiger partial charge on any atom is 0.221 e. The summed E-state index contributed by atoms with van der Waals surface area (Å²) in [5.74, 6) is 7.53. The normalized spacial score (nSPS) is 10.2. The van der Waals surface area contributed by atoms with Gasteiger partial charge in [-0.05, 0) is 42.8 Å². The molecule has 0 unspecified atom stereocenters. The number of benzene rings is 2. The van der Waals surface area contributed by atoms with Crippen molar-refractivity contribution < 1.29 is 14.3 Å². The molecule has 31 heavy (non-hydrogen) atoms. The van der Waals surface area contributed by atoms with E-state index in [1.165, 1.54) is 6.92 Å². The third-order valence-electron chi connectivity index (χ3n) is 4.54. The summed E-state index contributed by atoms with van der Waals surface area (Å²) in [5, 5.41) is 0.358. The molecular weight excluding hydrogens is 416 g/mol. The van der Waals surface area contributed by atoms with Crippen LogP contribution >= 0.6 is 11.6 Å². The van der Waals surface area contributed by atoms with Crippen LogP contribution in [0.25, 0.3) is 0 Å². The molecule has 0 saturated heterocycles. The van der Waals surface area contributed by atoms with Gasteiger partial charge < -0.3 is 20.9 Å². The number of Topliss-reactive ketones (excluding diaryl/α,β-unsaturated/α-hetero) is 1. The number of aromatic nitrogens is 2. The number of halogens is 1. The van der Waals surface area contributed by atoms with E-state index in [4.69, 9.17) is 32.5 Å². The second-order valence-corrected chi connectivity index (χ2v) is 7.10. The molecule has 3 rings (SSSR count). The summed E-state index contributed by atoms with van der Waals surface area (Å²) in [5.41, 5.74) is 14.9. The smallest absolute Gasteiger partial charge is 0.221 e. The lowest BCUT2D eigenvalue weighted by atomic mass is 10.0. The maximum atomic E-state index is 11.6. The average Bonchev–Trinajstić information content (AvgIpc) is 2.73. The number of methoxy groups -OCH3 is 2. The van der Waals surface area contributed by atoms with Crippen LogP contribution in [0, 0.1) is 11.8 Å². The predicted octanol–water partition coefficient (Wildman–Crippen LogP) is 3.50. The SMILES string of the molecule is COc1cc(Cc2cnc(N)nc2N)cc(C#Cc2ccc(C(C)=O)c(Cl)c2)c1OC. The highest BCUT2D eigenvalue weighted by atomic mass is 35.5. The summed E-state index contributed by atoms with van der Waals surface area (Å²) in [6.45, 7) is 1.47. The van der Waals surface area contributed by atoms with Gasteiger partial charge in [-0.2, -0.15) is 4.98 Å². The molecule has 0 fully saturated rings. The van der Waals surface area contributed by atoms with Crippen molar-refractivity contribution in [2.24, 2.45) is 0 Å². The highest BCUT2D eigenvalue weighted by molar-refractivity contribution is 6.34. The monoisotopic (exact) mass is 436 g/mol. The van der Waals surface area contributed by atoms with Crippen molar-refractivity contribution in [2.45, 2.75) is 13.3 Å². The van der Waals surface area contributed by atoms with E-state index in [2.05, 4.69) is 21.8 Å². The number of anilines is 2. The summed E-state index contributed by atoms with van der Waals surface area (Å²) in [6, 6.07) is 8.79. The largest absolute Gasteiger partial charge is 0.493 e. The molecule has 0 bridgehead atoms. The van der Waals surface area contributed by atoms with Gasteiger partial charge in [0.05, 0.1) is 24.8 Å². The van der Waals surface area contributed by atoms with Gasteiger partial charge in [0.15, 0.2) is 17.3 Å². The van der Waals surface area contributed by atoms with E-state index < -0.39 is 0 Å². The Kier molecular flexibility index (Phi) is 6.63. The van der Waals surface area contributed by atoms with E-state index in [-0.39, 0.29) is 11.7 Å². The summed E-state index contributed by atoms with van der Waals surface area (Å²) < 4.78 is 11.0. The number of nitrogens with two attached hydrogens (primary N) is 2. The molecule has 7 nitrogen and oxygen atoms in total. The molecule has 0 spiro atoms. The number of rotatable bonds is 5. The Morgan fingerprint density at radius 2 is 1.90 bits per heavy atom. The van der Waals surface area contributed by atoms with Gasteiger partial charge in [0.2, 0.25) is 5.95 Å². The lowest BCUT2D eigenvalue weighted by Gasteiger charge is -2.13. The van der Waals surface area contributed by atoms with Gasteiger partial charge in [-0.25, -0.2) is 4.98 Å². The quantitative estimate of drug-likeness (QED) is 0.464. The molecule has 158 valence electrons. The minimum absolute atomic E-state index is 0.102. The summed E-state index contributed by atoms with van der Waals surface area (Å²) >= 11 is 6.19. The van der Waals surface area contributed by atoms with Crippen molar-refractivity contribution in [1.29, 1.82) is 0 Å². The zero-order valence-electron chi connectivity index (χ0n) is 17.3. The van der Waals surface area contributed by atoms with Crippen molar-refractivity contribution >= 4 is 29.2 Å². The molecule has 0 atom stereocenters. The summed E-state index contributed by atoms with van der Waals surface area (Å²) in [7, 11) is 3.10. The molecule has 0 amide bonds. The van der Waals surface area contributed by atoms with Crippen molar-refractivity contribution in [1.82, 2.24) is 9.97 Å². The summed E-state index contributed by atoms with van der Waals surface area (Å²) in [6.07, 6.45) is 2.05. The van der Waals surface area contributed by atoms with Crippen LogP contribution in [0.1, 0.15) is 39.5 Å². The van der Waals surface area contributed by atoms with Crippen LogP contribution in [0.5, 0.6) is 11.5 Å². The van der Waals surface area contributed by atoms with Crippen molar-refractivity contribution in [3.63, 3.8) is 0 Å². The van der Waals surface area contributed by atoms with Gasteiger partial charge in [0, 0.05) is 29.3 Å². The first-order valence-corrected chi connectivity index (χ1v) is 9.64. The number of carbonyl (C=O) groups is 1. The molecule has 3 aromatic rings. The van der Waals surface area contributed by atoms with Crippen molar-refractivity contribution in [3.8, 4) is 23.3 Å². The van der Waals surface area contributed by atoms with Crippen LogP contribution in [0.15, 0.2) is 36.5 Å². The predicted molar refractivity (Wildman–Crippen MR) is 121 cm³/mol. The van der Waals surface area contributed by atoms with E-state index in [1.54, 1.807) is 38.6 Å². The number of ether oxygens (including phenoxy) is 2. The average molecular weight is 437 g/mol. The molecular formula is C23H21ClN4O3. The maximum absolute atomic E-state index is 11.6. The Morgan fingerprint density at radius 3 is 2.52 bits per heavy atom. The van der Waals surface area contributed by atoms with Crippen molar-refractivity contribution in [2.75, 3.05) is 25.7 Å². The topological polar surface area (TPSA) is 113 Å². The molecule has 1 heterocycles. The fourth-order valence-electron chi connectivity index (χ4n) is 3.02. The molecule has 0 aliphatic carbocycles. The second kappa shape index (κ2) is 9.37. The molecule has 0 saturated carbocycles. The zero-order valence-corrected chi connectivity index (χ0v) is 18.1. The van der Waals surface area contributed by atoms with Crippen LogP contribution in [-0.2, 0) is 6.42 Å². The number of carbonyl (C=O) groups excluding carboxylic acids is 1. The third-order valence-corrected chi connectivity index (χ3v) is 4.85. The molecule has 0 aliphatic heterocycles. The minimum atomic E-state index is -0.102. The Labute approximate surface area is 185 Å². The van der Waals surface area contributed by atoms with E-state index in [9.17, 15) is 4.79 Å². The van der Waals surface area contributed by atoms with Crippen LogP contribution in [0.3, 0.4) is 0 Å². The number of nitrogens with zero attached hydrogens (tertiary/aromatic N) is 2. The van der Waals surface area contributed by atoms with Crippen LogP contribution in [0.4, 0.5) is 11.8 Å². The van der Waals surface area contributed by atoms with Crippen molar-refractivity contribution in [3.05, 3.63) is 69.4 Å². The summed E-state index contributed by atoms with van der Waals surface area (Å²) in [4.78, 5) is 19.6. The third kappa shape index (κ3) is 5.05. The molecule has 2 aromatic carbocycles. The number of hydrogen-bond donors (Lipinski definition) is 2. The Balaban J connectivity index is 2.02. The van der Waals surface area contributed by atoms with Gasteiger partial charge in [-0.15, -0.1) is 0 Å². The Hall–Kier alpha value is -3.76. The number of ketones is 1. The highest BCUT2D eigenvalue weighted by Gasteiger charge is 2.13. The van der Waals surface area contributed by atoms with Gasteiger partial charge in [-0.3, -0.25) is 4.79 Å². The van der Waals surface area contributed by atoms with Gasteiger partial charge in [0.1, 0.15) is 5.82 Å². The van der Waals surface area contributed by atoms with E-state index in [0.29, 0.717) is 45.5 Å². The molecule has 4 N–H and O–H groups in total. The molecule has 0 aliphatic rings. The Bertz CT molecular complexity index is 1220. The first-order chi connectivity index (χ1) is 14.8. The lowest BCUT2D eigenvalue weighted by Crippen LogP contribution is -2.04. The minimum Gasteiger partial charge on any atom is -0.493 e. The van der Waals surface area contributed by atoms with Gasteiger partial charge in [-0.1, -0.05) is 23.4 Å². The number of nitrogen functional groups attached to an aromatic ring is 2. The first-order valence-electron chi connectivity index (χ1n) is 9.26. The van der Waals surface area contributed by atoms with Gasteiger partial charge in [0.25, 0.3) is 0 Å². The Morgan fingerprint density at radius 1 is 1.13 bits per heavy atom. The van der Waals surface area contributed by atoms with E-state index in [1.807, 2.05) is 12.1 Å². The van der Waals surface area contributed by atoms with E-state index >= 15 is 0 Å².